The van der Waals surface area contributed by atoms with Crippen LogP contribution in [0, 0.1) is 16.7 Å². The van der Waals surface area contributed by atoms with Crippen molar-refractivity contribution in [2.24, 2.45) is 16.7 Å². The first-order valence-corrected chi connectivity index (χ1v) is 26.6. The van der Waals surface area contributed by atoms with E-state index in [1.165, 1.54) is 69.3 Å². The SMILES string of the molecule is CC(=O)O[C@H]1C(=O)[C@]2(C)[C@@H](OC(=O)OCC(Cl)(Cl)Cl)C[C@H](OC(C)=O)[C@@](O)(CO)[C@H]2[C@H](OC(=O)c2ccccc2)[C@]2(O)C[C@H](OC(=O)[C@H](OC(=O)OCc3ccccc3)[C@@H](NC(=O)c3ccccc3)c3ccccc3)C(C)=C1C2(C)C. The fourth-order valence-corrected chi connectivity index (χ4v) is 11.4. The molecule has 81 heavy (non-hydrogen) atoms. The van der Waals surface area contributed by atoms with Crippen molar-refractivity contribution in [1.82, 2.24) is 5.32 Å². The summed E-state index contributed by atoms with van der Waals surface area (Å²) < 4.78 is 44.3. The molecule has 432 valence electrons. The summed E-state index contributed by atoms with van der Waals surface area (Å²) in [5.41, 5.74) is -9.90. The summed E-state index contributed by atoms with van der Waals surface area (Å²) in [6.07, 6.45) is -17.0. The normalized spacial score (nSPS) is 26.5. The number of ether oxygens (including phenoxy) is 8. The first-order valence-electron chi connectivity index (χ1n) is 25.5. The van der Waals surface area contributed by atoms with Crippen LogP contribution in [0.4, 0.5) is 9.59 Å². The molecule has 1 amide bonds. The number of alkyl halides is 3. The van der Waals surface area contributed by atoms with Crippen molar-refractivity contribution in [3.63, 3.8) is 0 Å². The molecule has 20 nitrogen and oxygen atoms in total. The molecule has 3 aliphatic carbocycles. The van der Waals surface area contributed by atoms with E-state index < -0.39 is 148 Å². The third-order valence-electron chi connectivity index (χ3n) is 15.2. The lowest BCUT2D eigenvalue weighted by Gasteiger charge is -2.64. The van der Waals surface area contributed by atoms with Crippen LogP contribution in [0.2, 0.25) is 0 Å². The molecular formula is C58H60Cl3NO19. The molecule has 4 aromatic carbocycles. The van der Waals surface area contributed by atoms with E-state index in [0.717, 1.165) is 20.8 Å². The molecule has 4 aromatic rings. The minimum absolute atomic E-state index is 0.0478. The Labute approximate surface area is 480 Å². The van der Waals surface area contributed by atoms with Crippen LogP contribution in [0.3, 0.4) is 0 Å². The van der Waals surface area contributed by atoms with Crippen molar-refractivity contribution in [1.29, 1.82) is 0 Å². The van der Waals surface area contributed by atoms with Gasteiger partial charge in [0.25, 0.3) is 5.91 Å². The number of rotatable bonds is 16. The number of hydrogen-bond donors (Lipinski definition) is 4. The molecule has 0 aliphatic heterocycles. The van der Waals surface area contributed by atoms with Gasteiger partial charge in [-0.1, -0.05) is 146 Å². The van der Waals surface area contributed by atoms with Crippen molar-refractivity contribution >= 4 is 82.7 Å². The highest BCUT2D eigenvalue weighted by Gasteiger charge is 2.76. The van der Waals surface area contributed by atoms with E-state index >= 15 is 9.59 Å². The van der Waals surface area contributed by atoms with Crippen LogP contribution >= 0.6 is 34.8 Å². The zero-order chi connectivity index (χ0) is 59.2. The Balaban J connectivity index is 1.45. The summed E-state index contributed by atoms with van der Waals surface area (Å²) in [5.74, 6) is -8.91. The average molecular weight is 1180 g/mol. The third kappa shape index (κ3) is 13.2. The van der Waals surface area contributed by atoms with Crippen LogP contribution in [0.25, 0.3) is 0 Å². The van der Waals surface area contributed by atoms with Gasteiger partial charge in [-0.3, -0.25) is 19.2 Å². The molecule has 4 N–H and O–H groups in total. The summed E-state index contributed by atoms with van der Waals surface area (Å²) in [7, 11) is 0. The second kappa shape index (κ2) is 25.0. The summed E-state index contributed by atoms with van der Waals surface area (Å²) in [5, 5.41) is 41.6. The zero-order valence-electron chi connectivity index (χ0n) is 44.7. The maximum Gasteiger partial charge on any atom is 0.509 e. The fraction of sp³-hybridized carbons (Fsp3) is 0.414. The Bertz CT molecular complexity index is 3010. The van der Waals surface area contributed by atoms with Gasteiger partial charge in [0.05, 0.1) is 17.6 Å². The molecule has 11 atom stereocenters. The minimum Gasteiger partial charge on any atom is -0.459 e. The van der Waals surface area contributed by atoms with Crippen LogP contribution in [-0.4, -0.2) is 128 Å². The van der Waals surface area contributed by atoms with E-state index in [4.69, 9.17) is 72.7 Å². The largest absolute Gasteiger partial charge is 0.509 e. The zero-order valence-corrected chi connectivity index (χ0v) is 47.0. The van der Waals surface area contributed by atoms with Crippen molar-refractivity contribution in [3.05, 3.63) is 155 Å². The van der Waals surface area contributed by atoms with Gasteiger partial charge in [-0.2, -0.15) is 0 Å². The van der Waals surface area contributed by atoms with Crippen LogP contribution in [-0.2, 0) is 63.7 Å². The summed E-state index contributed by atoms with van der Waals surface area (Å²) in [4.78, 5) is 114. The molecule has 0 saturated heterocycles. The second-order valence-electron chi connectivity index (χ2n) is 20.6. The van der Waals surface area contributed by atoms with E-state index in [2.05, 4.69) is 5.32 Å². The number of hydrogen-bond acceptors (Lipinski definition) is 19. The number of ketones is 1. The average Bonchev–Trinajstić information content (AvgIpc) is 2.47. The van der Waals surface area contributed by atoms with E-state index in [0.29, 0.717) is 5.56 Å². The number of fused-ring (bicyclic) bond motifs is 3. The van der Waals surface area contributed by atoms with E-state index in [1.807, 2.05) is 0 Å². The van der Waals surface area contributed by atoms with Gasteiger partial charge in [-0.15, -0.1) is 0 Å². The van der Waals surface area contributed by atoms with Crippen LogP contribution in [0.1, 0.15) is 92.3 Å². The monoisotopic (exact) mass is 1180 g/mol. The number of halogens is 3. The second-order valence-corrected chi connectivity index (χ2v) is 23.1. The Morgan fingerprint density at radius 3 is 1.81 bits per heavy atom. The lowest BCUT2D eigenvalue weighted by molar-refractivity contribution is -0.288. The molecule has 0 unspecified atom stereocenters. The smallest absolute Gasteiger partial charge is 0.459 e. The topological polar surface area (TPSA) is 283 Å². The fourth-order valence-electron chi connectivity index (χ4n) is 11.2. The van der Waals surface area contributed by atoms with Crippen LogP contribution < -0.4 is 5.32 Å². The maximum absolute atomic E-state index is 16.2. The first kappa shape index (κ1) is 61.5. The summed E-state index contributed by atoms with van der Waals surface area (Å²) in [6.45, 7) is 4.60. The number of Topliss-reactive ketones (excluding diaryl/α,β-unsaturated/α-hetero) is 1. The van der Waals surface area contributed by atoms with E-state index in [9.17, 15) is 44.1 Å². The minimum atomic E-state index is -2.97. The first-order chi connectivity index (χ1) is 38.2. The van der Waals surface area contributed by atoms with Crippen molar-refractivity contribution in [3.8, 4) is 0 Å². The van der Waals surface area contributed by atoms with Gasteiger partial charge in [0.2, 0.25) is 9.90 Å². The molecule has 7 rings (SSSR count). The highest BCUT2D eigenvalue weighted by atomic mass is 35.6. The predicted molar refractivity (Wildman–Crippen MR) is 287 cm³/mol. The van der Waals surface area contributed by atoms with Gasteiger partial charge in [0, 0.05) is 43.6 Å². The van der Waals surface area contributed by atoms with E-state index in [1.54, 1.807) is 72.8 Å². The third-order valence-corrected chi connectivity index (χ3v) is 15.5. The number of carbonyl (C=O) groups is 8. The lowest BCUT2D eigenvalue weighted by atomic mass is 9.45. The molecule has 0 radical (unpaired) electrons. The number of nitrogens with one attached hydrogen (secondary N) is 1. The van der Waals surface area contributed by atoms with Crippen LogP contribution in [0.15, 0.2) is 132 Å². The number of aliphatic hydroxyl groups excluding tert-OH is 1. The highest BCUT2D eigenvalue weighted by Crippen LogP contribution is 2.63. The lowest BCUT2D eigenvalue weighted by Crippen LogP contribution is -2.78. The molecule has 0 heterocycles. The quantitative estimate of drug-likeness (QED) is 0.0364. The summed E-state index contributed by atoms with van der Waals surface area (Å²) >= 11 is 17.6. The van der Waals surface area contributed by atoms with Gasteiger partial charge < -0.3 is 58.5 Å². The van der Waals surface area contributed by atoms with Gasteiger partial charge >= 0.3 is 36.2 Å². The Hall–Kier alpha value is -7.07. The number of aliphatic hydroxyl groups is 3. The Morgan fingerprint density at radius 1 is 0.704 bits per heavy atom. The number of amides is 1. The predicted octanol–water partition coefficient (Wildman–Crippen LogP) is 7.58. The van der Waals surface area contributed by atoms with Gasteiger partial charge in [0.15, 0.2) is 11.9 Å². The van der Waals surface area contributed by atoms with Gasteiger partial charge in [0.1, 0.15) is 54.9 Å². The molecular weight excluding hydrogens is 1120 g/mol. The molecule has 0 aromatic heterocycles. The standard InChI is InChI=1S/C58H60Cl3NO19/c1-32-39(78-51(69)45(80-52(70)74-29-35-19-11-7-12-20-35)43(36-21-13-8-14-22-36)62-49(67)37-23-15-9-16-24-37)28-57(73)48(81-50(68)38-25-17-10-18-26-38)46-55(6,47(66)44(77-34(3)65)42(32)54(57,4)5)40(79-53(71)75-31-58(59,60)61)27-41(76-33(2)64)56(46,72)30-63/h7-26,39-41,43-46,48,63,72-73H,27-31H2,1-6H3,(H,62,67)/t39-,40-,41-,43-,44+,45+,46-,48-,55+,56-,57+/m0/s1. The van der Waals surface area contributed by atoms with Gasteiger partial charge in [-0.25, -0.2) is 19.2 Å². The Kier molecular flexibility index (Phi) is 19.0. The highest BCUT2D eigenvalue weighted by molar-refractivity contribution is 6.67. The van der Waals surface area contributed by atoms with Crippen molar-refractivity contribution in [2.45, 2.75) is 119 Å². The Morgan fingerprint density at radius 2 is 1.26 bits per heavy atom. The van der Waals surface area contributed by atoms with Crippen molar-refractivity contribution < 1.29 is 91.6 Å². The molecule has 3 aliphatic rings. The number of benzene rings is 4. The molecule has 23 heteroatoms. The van der Waals surface area contributed by atoms with Gasteiger partial charge in [-0.05, 0) is 60.4 Å². The molecule has 0 spiro atoms. The maximum atomic E-state index is 16.2. The molecule has 2 bridgehead atoms. The van der Waals surface area contributed by atoms with Crippen LogP contribution in [0.5, 0.6) is 0 Å². The van der Waals surface area contributed by atoms with E-state index in [-0.39, 0.29) is 34.4 Å². The number of carbonyl (C=O) groups excluding carboxylic acids is 8. The summed E-state index contributed by atoms with van der Waals surface area (Å²) in [6, 6.07) is 30.0. The molecule has 2 fully saturated rings. The van der Waals surface area contributed by atoms with Crippen molar-refractivity contribution in [2.75, 3.05) is 13.2 Å². The number of esters is 4. The molecule has 2 saturated carbocycles.